The third-order valence-corrected chi connectivity index (χ3v) is 1.50. The van der Waals surface area contributed by atoms with Gasteiger partial charge in [-0.2, -0.15) is 5.10 Å². The summed E-state index contributed by atoms with van der Waals surface area (Å²) in [6, 6.07) is 0. The van der Waals surface area contributed by atoms with E-state index in [2.05, 4.69) is 10.3 Å². The van der Waals surface area contributed by atoms with Crippen LogP contribution in [-0.4, -0.2) is 20.9 Å². The van der Waals surface area contributed by atoms with Crippen molar-refractivity contribution in [3.63, 3.8) is 0 Å². The SMILES string of the molecule is CCCn1cc(N=O)c(C(=O)O)n1. The lowest BCUT2D eigenvalue weighted by Crippen LogP contribution is -2.02. The number of aryl methyl sites for hydroxylation is 1. The van der Waals surface area contributed by atoms with Crippen molar-refractivity contribution in [1.82, 2.24) is 9.78 Å². The quantitative estimate of drug-likeness (QED) is 0.714. The predicted molar refractivity (Wildman–Crippen MR) is 44.9 cm³/mol. The van der Waals surface area contributed by atoms with E-state index in [-0.39, 0.29) is 11.4 Å². The van der Waals surface area contributed by atoms with Crippen molar-refractivity contribution in [3.8, 4) is 0 Å². The van der Waals surface area contributed by atoms with Crippen molar-refractivity contribution in [3.05, 3.63) is 16.8 Å². The summed E-state index contributed by atoms with van der Waals surface area (Å²) in [5, 5.41) is 14.9. The van der Waals surface area contributed by atoms with Crippen molar-refractivity contribution in [2.24, 2.45) is 5.18 Å². The van der Waals surface area contributed by atoms with Crippen molar-refractivity contribution in [1.29, 1.82) is 0 Å². The van der Waals surface area contributed by atoms with Gasteiger partial charge in [0.15, 0.2) is 11.4 Å². The standard InChI is InChI=1S/C7H9N3O3/c1-2-3-10-4-5(9-13)6(8-10)7(11)12/h4H,2-3H2,1H3,(H,11,12). The molecule has 70 valence electrons. The Morgan fingerprint density at radius 1 is 1.77 bits per heavy atom. The van der Waals surface area contributed by atoms with E-state index in [0.717, 1.165) is 6.42 Å². The second kappa shape index (κ2) is 3.79. The average Bonchev–Trinajstić information content (AvgIpc) is 2.48. The van der Waals surface area contributed by atoms with Crippen LogP contribution < -0.4 is 0 Å². The van der Waals surface area contributed by atoms with E-state index in [1.165, 1.54) is 10.9 Å². The lowest BCUT2D eigenvalue weighted by atomic mass is 10.4. The average molecular weight is 183 g/mol. The normalized spacial score (nSPS) is 9.92. The van der Waals surface area contributed by atoms with Crippen LogP contribution in [0.4, 0.5) is 5.69 Å². The number of hydrogen-bond acceptors (Lipinski definition) is 4. The molecule has 0 radical (unpaired) electrons. The highest BCUT2D eigenvalue weighted by Gasteiger charge is 2.15. The van der Waals surface area contributed by atoms with Crippen LogP contribution in [0, 0.1) is 4.91 Å². The first-order chi connectivity index (χ1) is 6.19. The molecule has 0 spiro atoms. The third kappa shape index (κ3) is 1.90. The Morgan fingerprint density at radius 2 is 2.46 bits per heavy atom. The Labute approximate surface area is 74.1 Å². The minimum atomic E-state index is -1.23. The highest BCUT2D eigenvalue weighted by Crippen LogP contribution is 2.16. The zero-order chi connectivity index (χ0) is 9.84. The molecule has 0 amide bonds. The fraction of sp³-hybridized carbons (Fsp3) is 0.429. The van der Waals surface area contributed by atoms with Crippen LogP contribution >= 0.6 is 0 Å². The van der Waals surface area contributed by atoms with Crippen LogP contribution in [0.5, 0.6) is 0 Å². The number of nitrogens with zero attached hydrogens (tertiary/aromatic N) is 3. The summed E-state index contributed by atoms with van der Waals surface area (Å²) in [6.07, 6.45) is 2.15. The maximum atomic E-state index is 10.5. The molecule has 0 atom stereocenters. The van der Waals surface area contributed by atoms with Gasteiger partial charge in [0.25, 0.3) is 0 Å². The molecule has 1 aromatic heterocycles. The molecule has 0 fully saturated rings. The second-order valence-corrected chi connectivity index (χ2v) is 2.52. The van der Waals surface area contributed by atoms with E-state index in [1.54, 1.807) is 0 Å². The molecular weight excluding hydrogens is 174 g/mol. The Bertz CT molecular complexity index is 332. The number of carbonyl (C=O) groups is 1. The molecule has 0 aliphatic carbocycles. The fourth-order valence-electron chi connectivity index (χ4n) is 0.974. The molecular formula is C7H9N3O3. The molecule has 1 heterocycles. The monoisotopic (exact) mass is 183 g/mol. The number of hydrogen-bond donors (Lipinski definition) is 1. The summed E-state index contributed by atoms with van der Waals surface area (Å²) in [5.41, 5.74) is -0.413. The minimum absolute atomic E-state index is 0.124. The van der Waals surface area contributed by atoms with Crippen LogP contribution in [0.1, 0.15) is 23.8 Å². The van der Waals surface area contributed by atoms with Gasteiger partial charge in [-0.25, -0.2) is 4.79 Å². The number of carboxylic acid groups (broad SMARTS) is 1. The van der Waals surface area contributed by atoms with Gasteiger partial charge < -0.3 is 5.11 Å². The largest absolute Gasteiger partial charge is 0.476 e. The zero-order valence-electron chi connectivity index (χ0n) is 7.10. The van der Waals surface area contributed by atoms with E-state index in [9.17, 15) is 9.70 Å². The van der Waals surface area contributed by atoms with E-state index in [4.69, 9.17) is 5.11 Å². The van der Waals surface area contributed by atoms with Gasteiger partial charge in [-0.05, 0) is 11.6 Å². The van der Waals surface area contributed by atoms with Gasteiger partial charge in [0.2, 0.25) is 0 Å². The van der Waals surface area contributed by atoms with E-state index in [0.29, 0.717) is 6.54 Å². The molecule has 1 rings (SSSR count). The molecule has 0 unspecified atom stereocenters. The van der Waals surface area contributed by atoms with Crippen LogP contribution in [0.15, 0.2) is 11.4 Å². The number of aromatic carboxylic acids is 1. The van der Waals surface area contributed by atoms with Gasteiger partial charge in [-0.15, -0.1) is 4.91 Å². The van der Waals surface area contributed by atoms with Gasteiger partial charge >= 0.3 is 5.97 Å². The van der Waals surface area contributed by atoms with Gasteiger partial charge in [0, 0.05) is 6.54 Å². The van der Waals surface area contributed by atoms with Gasteiger partial charge in [-0.1, -0.05) is 6.92 Å². The van der Waals surface area contributed by atoms with Crippen molar-refractivity contribution in [2.45, 2.75) is 19.9 Å². The number of aromatic nitrogens is 2. The molecule has 13 heavy (non-hydrogen) atoms. The topological polar surface area (TPSA) is 84.5 Å². The van der Waals surface area contributed by atoms with Gasteiger partial charge in [0.1, 0.15) is 0 Å². The molecule has 0 aromatic carbocycles. The number of rotatable bonds is 4. The highest BCUT2D eigenvalue weighted by molar-refractivity contribution is 5.90. The summed E-state index contributed by atoms with van der Waals surface area (Å²) >= 11 is 0. The van der Waals surface area contributed by atoms with Crippen LogP contribution in [0.2, 0.25) is 0 Å². The third-order valence-electron chi connectivity index (χ3n) is 1.50. The van der Waals surface area contributed by atoms with Gasteiger partial charge in [-0.3, -0.25) is 4.68 Å². The summed E-state index contributed by atoms with van der Waals surface area (Å²) in [4.78, 5) is 20.7. The lowest BCUT2D eigenvalue weighted by molar-refractivity contribution is 0.0690. The maximum Gasteiger partial charge on any atom is 0.358 e. The molecule has 6 heteroatoms. The zero-order valence-corrected chi connectivity index (χ0v) is 7.10. The first kappa shape index (κ1) is 9.37. The molecule has 1 aromatic rings. The highest BCUT2D eigenvalue weighted by atomic mass is 16.4. The molecule has 0 bridgehead atoms. The number of nitroso groups, excluding NO2 is 1. The van der Waals surface area contributed by atoms with Crippen LogP contribution in [-0.2, 0) is 6.54 Å². The lowest BCUT2D eigenvalue weighted by Gasteiger charge is -1.93. The van der Waals surface area contributed by atoms with E-state index >= 15 is 0 Å². The van der Waals surface area contributed by atoms with Crippen LogP contribution in [0.3, 0.4) is 0 Å². The smallest absolute Gasteiger partial charge is 0.358 e. The van der Waals surface area contributed by atoms with E-state index < -0.39 is 5.97 Å². The summed E-state index contributed by atoms with van der Waals surface area (Å²) < 4.78 is 1.40. The summed E-state index contributed by atoms with van der Waals surface area (Å²) in [7, 11) is 0. The summed E-state index contributed by atoms with van der Waals surface area (Å²) in [6.45, 7) is 2.51. The molecule has 0 aliphatic heterocycles. The Morgan fingerprint density at radius 3 is 2.85 bits per heavy atom. The molecule has 6 nitrogen and oxygen atoms in total. The minimum Gasteiger partial charge on any atom is -0.476 e. The number of carboxylic acids is 1. The van der Waals surface area contributed by atoms with Crippen molar-refractivity contribution in [2.75, 3.05) is 0 Å². The first-order valence-corrected chi connectivity index (χ1v) is 3.83. The molecule has 0 saturated carbocycles. The second-order valence-electron chi connectivity index (χ2n) is 2.52. The Kier molecular flexibility index (Phi) is 2.73. The molecule has 1 N–H and O–H groups in total. The summed E-state index contributed by atoms with van der Waals surface area (Å²) in [5.74, 6) is -1.23. The fourth-order valence-corrected chi connectivity index (χ4v) is 0.974. The van der Waals surface area contributed by atoms with E-state index in [1.807, 2.05) is 6.92 Å². The predicted octanol–water partition coefficient (Wildman–Crippen LogP) is 1.39. The van der Waals surface area contributed by atoms with Gasteiger partial charge in [0.05, 0.1) is 6.20 Å². The first-order valence-electron chi connectivity index (χ1n) is 3.83. The Hall–Kier alpha value is -1.72. The molecule has 0 saturated heterocycles. The molecule has 0 aliphatic rings. The Balaban J connectivity index is 3.04. The van der Waals surface area contributed by atoms with Crippen molar-refractivity contribution < 1.29 is 9.90 Å². The van der Waals surface area contributed by atoms with Crippen molar-refractivity contribution >= 4 is 11.7 Å². The maximum absolute atomic E-state index is 10.5. The van der Waals surface area contributed by atoms with Crippen LogP contribution in [0.25, 0.3) is 0 Å².